The van der Waals surface area contributed by atoms with Crippen LogP contribution in [-0.2, 0) is 9.47 Å². The number of hydrogen-bond donors (Lipinski definition) is 0. The smallest absolute Gasteiger partial charge is 0.339 e. The summed E-state index contributed by atoms with van der Waals surface area (Å²) in [6, 6.07) is 7.61. The van der Waals surface area contributed by atoms with Gasteiger partial charge in [0.05, 0.1) is 11.7 Å². The van der Waals surface area contributed by atoms with Crippen molar-refractivity contribution in [2.24, 2.45) is 17.3 Å². The molecular weight excluding hydrogens is 360 g/mol. The molecule has 0 atom stereocenters. The van der Waals surface area contributed by atoms with Gasteiger partial charge in [-0.2, -0.15) is 0 Å². The topological polar surface area (TPSA) is 35.5 Å². The van der Waals surface area contributed by atoms with E-state index in [1.54, 1.807) is 0 Å². The number of esters is 1. The molecular formula is C26H38O3. The molecule has 0 amide bonds. The normalized spacial score (nSPS) is 28.0. The molecule has 1 aromatic rings. The van der Waals surface area contributed by atoms with E-state index < -0.39 is 0 Å². The Labute approximate surface area is 176 Å². The zero-order chi connectivity index (χ0) is 21.0. The summed E-state index contributed by atoms with van der Waals surface area (Å²) in [5, 5.41) is 0. The zero-order valence-corrected chi connectivity index (χ0v) is 18.7. The molecule has 2 aliphatic rings. The molecule has 0 N–H and O–H groups in total. The molecule has 2 saturated carbocycles. The highest BCUT2D eigenvalue weighted by Gasteiger charge is 2.41. The number of hydrogen-bond acceptors (Lipinski definition) is 3. The second-order valence-corrected chi connectivity index (χ2v) is 9.74. The Morgan fingerprint density at radius 2 is 1.38 bits per heavy atom. The maximum absolute atomic E-state index is 12.7. The van der Waals surface area contributed by atoms with Gasteiger partial charge >= 0.3 is 5.97 Å². The van der Waals surface area contributed by atoms with E-state index >= 15 is 0 Å². The fraction of sp³-hybridized carbons (Fsp3) is 0.654. The van der Waals surface area contributed by atoms with Crippen LogP contribution in [0.15, 0.2) is 30.8 Å². The molecule has 0 radical (unpaired) electrons. The van der Waals surface area contributed by atoms with Gasteiger partial charge in [0.1, 0.15) is 6.10 Å². The third-order valence-corrected chi connectivity index (χ3v) is 7.67. The monoisotopic (exact) mass is 398 g/mol. The summed E-state index contributed by atoms with van der Waals surface area (Å²) in [4.78, 5) is 12.7. The maximum atomic E-state index is 12.7. The summed E-state index contributed by atoms with van der Waals surface area (Å²) in [7, 11) is 1.84. The van der Waals surface area contributed by atoms with Crippen LogP contribution in [0, 0.1) is 17.3 Å². The summed E-state index contributed by atoms with van der Waals surface area (Å²) < 4.78 is 11.5. The molecule has 1 aromatic carbocycles. The van der Waals surface area contributed by atoms with Crippen molar-refractivity contribution in [2.45, 2.75) is 84.3 Å². The van der Waals surface area contributed by atoms with Crippen molar-refractivity contribution in [3.8, 4) is 0 Å². The number of allylic oxidation sites excluding steroid dienone is 1. The van der Waals surface area contributed by atoms with E-state index in [2.05, 4.69) is 20.4 Å². The van der Waals surface area contributed by atoms with Crippen LogP contribution in [0.25, 0.3) is 5.57 Å². The minimum atomic E-state index is -0.204. The molecule has 160 valence electrons. The van der Waals surface area contributed by atoms with Crippen molar-refractivity contribution in [2.75, 3.05) is 7.11 Å². The van der Waals surface area contributed by atoms with Gasteiger partial charge in [-0.3, -0.25) is 0 Å². The molecule has 3 heteroatoms. The molecule has 0 aromatic heterocycles. The van der Waals surface area contributed by atoms with Crippen LogP contribution in [0.5, 0.6) is 0 Å². The summed E-state index contributed by atoms with van der Waals surface area (Å²) >= 11 is 0. The average Bonchev–Trinajstić information content (AvgIpc) is 2.74. The second kappa shape index (κ2) is 9.47. The molecule has 3 rings (SSSR count). The lowest BCUT2D eigenvalue weighted by atomic mass is 9.60. The standard InChI is InChI=1S/C26H38O3/c1-18(2)23-8-6-7-9-24(23)25(27)29-22-16-12-20(13-17-22)26(3,4)19-10-14-21(28-5)15-11-19/h6-9,19-22H,1,10-17H2,2-5H3. The Hall–Kier alpha value is -1.61. The van der Waals surface area contributed by atoms with E-state index in [9.17, 15) is 4.79 Å². The lowest BCUT2D eigenvalue weighted by Gasteiger charge is -2.46. The van der Waals surface area contributed by atoms with Gasteiger partial charge < -0.3 is 9.47 Å². The van der Waals surface area contributed by atoms with Gasteiger partial charge in [0.25, 0.3) is 0 Å². The molecule has 0 spiro atoms. The molecule has 0 heterocycles. The molecule has 29 heavy (non-hydrogen) atoms. The van der Waals surface area contributed by atoms with Crippen molar-refractivity contribution in [1.82, 2.24) is 0 Å². The van der Waals surface area contributed by atoms with E-state index in [0.717, 1.165) is 42.7 Å². The highest BCUT2D eigenvalue weighted by atomic mass is 16.5. The van der Waals surface area contributed by atoms with Crippen molar-refractivity contribution >= 4 is 11.5 Å². The summed E-state index contributed by atoms with van der Waals surface area (Å²) in [5.41, 5.74) is 2.77. The Morgan fingerprint density at radius 1 is 0.897 bits per heavy atom. The predicted octanol–water partition coefficient (Wildman–Crippen LogP) is 6.67. The van der Waals surface area contributed by atoms with E-state index in [0.29, 0.717) is 23.0 Å². The highest BCUT2D eigenvalue weighted by Crippen LogP contribution is 2.48. The first kappa shape index (κ1) is 22.1. The van der Waals surface area contributed by atoms with Crippen molar-refractivity contribution in [3.05, 3.63) is 42.0 Å². The first-order valence-electron chi connectivity index (χ1n) is 11.3. The maximum Gasteiger partial charge on any atom is 0.339 e. The fourth-order valence-electron chi connectivity index (χ4n) is 5.55. The first-order chi connectivity index (χ1) is 13.8. The summed E-state index contributed by atoms with van der Waals surface area (Å²) in [6.07, 6.45) is 9.69. The van der Waals surface area contributed by atoms with Crippen molar-refractivity contribution in [1.29, 1.82) is 0 Å². The third-order valence-electron chi connectivity index (χ3n) is 7.67. The average molecular weight is 399 g/mol. The lowest BCUT2D eigenvalue weighted by molar-refractivity contribution is -0.0187. The van der Waals surface area contributed by atoms with Gasteiger partial charge in [-0.05, 0) is 87.2 Å². The molecule has 2 aliphatic carbocycles. The quantitative estimate of drug-likeness (QED) is 0.502. The van der Waals surface area contributed by atoms with Crippen LogP contribution in [0.2, 0.25) is 0 Å². The van der Waals surface area contributed by atoms with Gasteiger partial charge in [0.15, 0.2) is 0 Å². The number of ether oxygens (including phenoxy) is 2. The van der Waals surface area contributed by atoms with Gasteiger partial charge in [-0.25, -0.2) is 4.79 Å². The lowest BCUT2D eigenvalue weighted by Crippen LogP contribution is -2.39. The predicted molar refractivity (Wildman–Crippen MR) is 119 cm³/mol. The number of carbonyl (C=O) groups excluding carboxylic acids is 1. The van der Waals surface area contributed by atoms with Crippen LogP contribution < -0.4 is 0 Å². The molecule has 0 unspecified atom stereocenters. The summed E-state index contributed by atoms with van der Waals surface area (Å²) in [6.45, 7) is 10.8. The Bertz CT molecular complexity index is 704. The fourth-order valence-corrected chi connectivity index (χ4v) is 5.55. The Kier molecular flexibility index (Phi) is 7.21. The van der Waals surface area contributed by atoms with Crippen LogP contribution >= 0.6 is 0 Å². The van der Waals surface area contributed by atoms with Gasteiger partial charge in [-0.1, -0.05) is 44.2 Å². The van der Waals surface area contributed by atoms with Gasteiger partial charge in [0, 0.05) is 7.11 Å². The largest absolute Gasteiger partial charge is 0.459 e. The van der Waals surface area contributed by atoms with Gasteiger partial charge in [0.2, 0.25) is 0 Å². The number of rotatable bonds is 6. The molecule has 0 bridgehead atoms. The minimum Gasteiger partial charge on any atom is -0.459 e. The minimum absolute atomic E-state index is 0.0388. The van der Waals surface area contributed by atoms with Crippen LogP contribution in [0.4, 0.5) is 0 Å². The molecule has 2 fully saturated rings. The van der Waals surface area contributed by atoms with E-state index in [4.69, 9.17) is 9.47 Å². The third kappa shape index (κ3) is 5.12. The molecule has 0 aliphatic heterocycles. The van der Waals surface area contributed by atoms with E-state index in [1.165, 1.54) is 25.7 Å². The SMILES string of the molecule is C=C(C)c1ccccc1C(=O)OC1CCC(C(C)(C)C2CCC(OC)CC2)CC1. The first-order valence-corrected chi connectivity index (χ1v) is 11.3. The van der Waals surface area contributed by atoms with Crippen molar-refractivity contribution in [3.63, 3.8) is 0 Å². The molecule has 0 saturated heterocycles. The van der Waals surface area contributed by atoms with Gasteiger partial charge in [-0.15, -0.1) is 0 Å². The molecule has 3 nitrogen and oxygen atoms in total. The van der Waals surface area contributed by atoms with E-state index in [1.807, 2.05) is 38.3 Å². The highest BCUT2D eigenvalue weighted by molar-refractivity contribution is 5.95. The van der Waals surface area contributed by atoms with E-state index in [-0.39, 0.29) is 12.1 Å². The Morgan fingerprint density at radius 3 is 1.86 bits per heavy atom. The Balaban J connectivity index is 1.54. The zero-order valence-electron chi connectivity index (χ0n) is 18.7. The van der Waals surface area contributed by atoms with Crippen LogP contribution in [0.1, 0.15) is 88.1 Å². The number of carbonyl (C=O) groups is 1. The number of methoxy groups -OCH3 is 1. The van der Waals surface area contributed by atoms with Crippen molar-refractivity contribution < 1.29 is 14.3 Å². The van der Waals surface area contributed by atoms with Crippen LogP contribution in [-0.4, -0.2) is 25.3 Å². The summed E-state index contributed by atoms with van der Waals surface area (Å²) in [5.74, 6) is 1.29. The number of benzene rings is 1. The second-order valence-electron chi connectivity index (χ2n) is 9.74. The van der Waals surface area contributed by atoms with Crippen LogP contribution in [0.3, 0.4) is 0 Å².